The van der Waals surface area contributed by atoms with E-state index >= 15 is 0 Å². The van der Waals surface area contributed by atoms with Crippen LogP contribution in [0.4, 0.5) is 4.39 Å². The number of amides is 1. The van der Waals surface area contributed by atoms with Crippen LogP contribution in [0.1, 0.15) is 13.8 Å². The molecule has 1 amide bonds. The molecule has 0 aliphatic carbocycles. The van der Waals surface area contributed by atoms with Crippen LogP contribution < -0.4 is 5.32 Å². The number of nitrogens with one attached hydrogen (secondary N) is 1. The monoisotopic (exact) mass is 163 g/mol. The van der Waals surface area contributed by atoms with E-state index in [2.05, 4.69) is 10.1 Å². The zero-order chi connectivity index (χ0) is 8.91. The van der Waals surface area contributed by atoms with E-state index < -0.39 is 12.2 Å². The maximum atomic E-state index is 12.1. The van der Waals surface area contributed by atoms with E-state index in [-0.39, 0.29) is 12.5 Å². The number of hydrogen-bond donors (Lipinski definition) is 1. The highest BCUT2D eigenvalue weighted by Gasteiger charge is 2.19. The Morgan fingerprint density at radius 1 is 1.64 bits per heavy atom. The van der Waals surface area contributed by atoms with E-state index in [1.54, 1.807) is 13.8 Å². The third kappa shape index (κ3) is 4.72. The molecule has 0 saturated carbocycles. The summed E-state index contributed by atoms with van der Waals surface area (Å²) in [4.78, 5) is 10.8. The predicted octanol–water partition coefficient (Wildman–Crippen LogP) is 0.497. The van der Waals surface area contributed by atoms with Crippen LogP contribution in [0.3, 0.4) is 0 Å². The number of ether oxygens (including phenoxy) is 1. The third-order valence-corrected chi connectivity index (χ3v) is 1.09. The van der Waals surface area contributed by atoms with Crippen molar-refractivity contribution in [3.05, 3.63) is 0 Å². The molecule has 0 fully saturated rings. The molecule has 0 heterocycles. The van der Waals surface area contributed by atoms with Gasteiger partial charge in [-0.1, -0.05) is 0 Å². The van der Waals surface area contributed by atoms with Crippen LogP contribution in [-0.2, 0) is 9.53 Å². The summed E-state index contributed by atoms with van der Waals surface area (Å²) in [5.74, 6) is -0.296. The SMILES string of the molecule is COCC(=O)NC(C)(C)CF. The quantitative estimate of drug-likeness (QED) is 0.655. The molecule has 4 heteroatoms. The topological polar surface area (TPSA) is 38.3 Å². The van der Waals surface area contributed by atoms with Gasteiger partial charge in [-0.15, -0.1) is 0 Å². The minimum Gasteiger partial charge on any atom is -0.375 e. The van der Waals surface area contributed by atoms with E-state index in [4.69, 9.17) is 0 Å². The van der Waals surface area contributed by atoms with Gasteiger partial charge in [-0.05, 0) is 13.8 Å². The Bertz CT molecular complexity index is 136. The summed E-state index contributed by atoms with van der Waals surface area (Å²) in [6.45, 7) is 2.62. The van der Waals surface area contributed by atoms with Crippen LogP contribution in [0.25, 0.3) is 0 Å². The standard InChI is InChI=1S/C7H14FNO2/c1-7(2,5-8)9-6(10)4-11-3/h4-5H2,1-3H3,(H,9,10). The summed E-state index contributed by atoms with van der Waals surface area (Å²) in [5.41, 5.74) is -0.782. The number of carbonyl (C=O) groups is 1. The first-order valence-corrected chi connectivity index (χ1v) is 3.38. The summed E-state index contributed by atoms with van der Waals surface area (Å²) in [6.07, 6.45) is 0. The minimum absolute atomic E-state index is 0.0244. The summed E-state index contributed by atoms with van der Waals surface area (Å²) < 4.78 is 16.7. The van der Waals surface area contributed by atoms with Crippen LogP contribution in [-0.4, -0.2) is 31.8 Å². The van der Waals surface area contributed by atoms with Crippen LogP contribution >= 0.6 is 0 Å². The molecule has 1 N–H and O–H groups in total. The normalized spacial score (nSPS) is 11.3. The molecule has 0 unspecified atom stereocenters. The maximum Gasteiger partial charge on any atom is 0.246 e. The highest BCUT2D eigenvalue weighted by molar-refractivity contribution is 5.77. The Balaban J connectivity index is 3.74. The van der Waals surface area contributed by atoms with Crippen LogP contribution in [0.2, 0.25) is 0 Å². The van der Waals surface area contributed by atoms with Gasteiger partial charge in [0.2, 0.25) is 5.91 Å². The number of alkyl halides is 1. The van der Waals surface area contributed by atoms with Gasteiger partial charge in [-0.25, -0.2) is 4.39 Å². The molecule has 0 saturated heterocycles. The lowest BCUT2D eigenvalue weighted by molar-refractivity contribution is -0.126. The fourth-order valence-corrected chi connectivity index (χ4v) is 0.578. The molecule has 0 spiro atoms. The van der Waals surface area contributed by atoms with Gasteiger partial charge in [0.1, 0.15) is 13.3 Å². The summed E-state index contributed by atoms with van der Waals surface area (Å²) in [7, 11) is 1.42. The van der Waals surface area contributed by atoms with Crippen LogP contribution in [0, 0.1) is 0 Å². The van der Waals surface area contributed by atoms with Gasteiger partial charge in [0.15, 0.2) is 0 Å². The highest BCUT2D eigenvalue weighted by Crippen LogP contribution is 2.01. The molecule has 0 aliphatic heterocycles. The van der Waals surface area contributed by atoms with Gasteiger partial charge in [-0.2, -0.15) is 0 Å². The van der Waals surface area contributed by atoms with Gasteiger partial charge in [0, 0.05) is 7.11 Å². The second-order valence-corrected chi connectivity index (χ2v) is 3.00. The molecule has 0 atom stereocenters. The van der Waals surface area contributed by atoms with Crippen molar-refractivity contribution in [1.82, 2.24) is 5.32 Å². The first-order chi connectivity index (χ1) is 5.02. The van der Waals surface area contributed by atoms with Crippen molar-refractivity contribution in [3.8, 4) is 0 Å². The summed E-state index contributed by atoms with van der Waals surface area (Å²) in [6, 6.07) is 0. The van der Waals surface area contributed by atoms with Crippen LogP contribution in [0.5, 0.6) is 0 Å². The van der Waals surface area contributed by atoms with Crippen molar-refractivity contribution in [3.63, 3.8) is 0 Å². The van der Waals surface area contributed by atoms with Crippen molar-refractivity contribution in [1.29, 1.82) is 0 Å². The molecule has 0 bridgehead atoms. The average molecular weight is 163 g/mol. The maximum absolute atomic E-state index is 12.1. The van der Waals surface area contributed by atoms with Gasteiger partial charge < -0.3 is 10.1 Å². The van der Waals surface area contributed by atoms with E-state index in [0.717, 1.165) is 0 Å². The third-order valence-electron chi connectivity index (χ3n) is 1.09. The molecule has 0 rings (SSSR count). The molecule has 0 radical (unpaired) electrons. The molecular formula is C7H14FNO2. The van der Waals surface area contributed by atoms with E-state index in [1.165, 1.54) is 7.11 Å². The number of methoxy groups -OCH3 is 1. The molecule has 11 heavy (non-hydrogen) atoms. The van der Waals surface area contributed by atoms with Crippen molar-refractivity contribution >= 4 is 5.91 Å². The lowest BCUT2D eigenvalue weighted by Crippen LogP contribution is -2.46. The summed E-state index contributed by atoms with van der Waals surface area (Å²) >= 11 is 0. The molecular weight excluding hydrogens is 149 g/mol. The molecule has 3 nitrogen and oxygen atoms in total. The zero-order valence-corrected chi connectivity index (χ0v) is 7.11. The Morgan fingerprint density at radius 3 is 2.55 bits per heavy atom. The average Bonchev–Trinajstić information content (AvgIpc) is 1.87. The van der Waals surface area contributed by atoms with Gasteiger partial charge in [-0.3, -0.25) is 4.79 Å². The minimum atomic E-state index is -0.782. The number of carbonyl (C=O) groups excluding carboxylic acids is 1. The fourth-order valence-electron chi connectivity index (χ4n) is 0.578. The van der Waals surface area contributed by atoms with Gasteiger partial charge in [0.25, 0.3) is 0 Å². The number of hydrogen-bond acceptors (Lipinski definition) is 2. The second kappa shape index (κ2) is 4.28. The Labute approximate surface area is 65.9 Å². The molecule has 66 valence electrons. The van der Waals surface area contributed by atoms with Crippen molar-refractivity contribution < 1.29 is 13.9 Å². The lowest BCUT2D eigenvalue weighted by Gasteiger charge is -2.21. The van der Waals surface area contributed by atoms with Gasteiger partial charge in [0.05, 0.1) is 5.54 Å². The van der Waals surface area contributed by atoms with Crippen molar-refractivity contribution in [2.24, 2.45) is 0 Å². The summed E-state index contributed by atoms with van der Waals surface area (Å²) in [5, 5.41) is 2.47. The first kappa shape index (κ1) is 10.4. The van der Waals surface area contributed by atoms with Gasteiger partial charge >= 0.3 is 0 Å². The molecule has 0 aliphatic rings. The van der Waals surface area contributed by atoms with Crippen molar-refractivity contribution in [2.45, 2.75) is 19.4 Å². The van der Waals surface area contributed by atoms with Crippen LogP contribution in [0.15, 0.2) is 0 Å². The fraction of sp³-hybridized carbons (Fsp3) is 0.857. The van der Waals surface area contributed by atoms with Crippen molar-refractivity contribution in [2.75, 3.05) is 20.4 Å². The highest BCUT2D eigenvalue weighted by atomic mass is 19.1. The number of halogens is 1. The molecule has 0 aromatic carbocycles. The Hall–Kier alpha value is -0.640. The number of rotatable bonds is 4. The molecule has 0 aromatic rings. The predicted molar refractivity (Wildman–Crippen MR) is 40.1 cm³/mol. The zero-order valence-electron chi connectivity index (χ0n) is 7.11. The largest absolute Gasteiger partial charge is 0.375 e. The Morgan fingerprint density at radius 2 is 2.18 bits per heavy atom. The van der Waals surface area contributed by atoms with E-state index in [1.807, 2.05) is 0 Å². The second-order valence-electron chi connectivity index (χ2n) is 3.00. The molecule has 0 aromatic heterocycles. The van der Waals surface area contributed by atoms with E-state index in [9.17, 15) is 9.18 Å². The van der Waals surface area contributed by atoms with E-state index in [0.29, 0.717) is 0 Å². The first-order valence-electron chi connectivity index (χ1n) is 3.38. The Kier molecular flexibility index (Phi) is 4.03. The lowest BCUT2D eigenvalue weighted by atomic mass is 10.1. The smallest absolute Gasteiger partial charge is 0.246 e.